The fourth-order valence-corrected chi connectivity index (χ4v) is 3.33. The largest absolute Gasteiger partial charge is 0.133 e. The maximum Gasteiger partial charge on any atom is -0.0128 e. The van der Waals surface area contributed by atoms with Gasteiger partial charge in [-0.05, 0) is 64.3 Å². The number of benzene rings is 3. The van der Waals surface area contributed by atoms with Crippen molar-refractivity contribution in [3.8, 4) is 22.3 Å². The van der Waals surface area contributed by atoms with Crippen LogP contribution >= 0.6 is 18.5 Å². The molecule has 0 saturated heterocycles. The molecule has 0 nitrogen and oxygen atoms in total. The van der Waals surface area contributed by atoms with Crippen molar-refractivity contribution in [1.82, 2.24) is 0 Å². The maximum absolute atomic E-state index is 2.77. The molecule has 2 atom stereocenters. The second-order valence-electron chi connectivity index (χ2n) is 5.89. The van der Waals surface area contributed by atoms with Gasteiger partial charge < -0.3 is 0 Å². The van der Waals surface area contributed by atoms with Crippen LogP contribution in [0.2, 0.25) is 0 Å². The molecule has 0 aliphatic carbocycles. The third kappa shape index (κ3) is 3.89. The minimum absolute atomic E-state index is 1.00. The quantitative estimate of drug-likeness (QED) is 0.507. The van der Waals surface area contributed by atoms with Gasteiger partial charge in [0.1, 0.15) is 0 Å². The van der Waals surface area contributed by atoms with Crippen molar-refractivity contribution < 1.29 is 0 Å². The lowest BCUT2D eigenvalue weighted by molar-refractivity contribution is 1.40. The lowest BCUT2D eigenvalue weighted by Crippen LogP contribution is -1.86. The Morgan fingerprint density at radius 3 is 1.30 bits per heavy atom. The molecule has 0 aliphatic heterocycles. The van der Waals surface area contributed by atoms with Gasteiger partial charge in [-0.3, -0.25) is 0 Å². The number of hydrogen-bond acceptors (Lipinski definition) is 0. The summed E-state index contributed by atoms with van der Waals surface area (Å²) in [5.41, 5.74) is 9.11. The molecule has 23 heavy (non-hydrogen) atoms. The molecule has 0 spiro atoms. The van der Waals surface area contributed by atoms with Gasteiger partial charge in [0.15, 0.2) is 0 Å². The normalized spacial score (nSPS) is 10.7. The average molecular weight is 336 g/mol. The molecule has 3 aromatic carbocycles. The van der Waals surface area contributed by atoms with Crippen LogP contribution in [-0.2, 0) is 12.3 Å². The van der Waals surface area contributed by atoms with Gasteiger partial charge in [-0.15, -0.1) is 18.5 Å². The van der Waals surface area contributed by atoms with Crippen molar-refractivity contribution in [3.05, 3.63) is 83.4 Å². The topological polar surface area (TPSA) is 0 Å². The van der Waals surface area contributed by atoms with Crippen LogP contribution in [0.5, 0.6) is 0 Å². The van der Waals surface area contributed by atoms with Crippen molar-refractivity contribution in [2.24, 2.45) is 0 Å². The summed E-state index contributed by atoms with van der Waals surface area (Å²) < 4.78 is 0. The third-order valence-electron chi connectivity index (χ3n) is 4.12. The van der Waals surface area contributed by atoms with Crippen LogP contribution in [0.4, 0.5) is 0 Å². The van der Waals surface area contributed by atoms with Crippen molar-refractivity contribution in [2.45, 2.75) is 19.2 Å². The van der Waals surface area contributed by atoms with E-state index in [0.29, 0.717) is 0 Å². The fraction of sp³-hybridized carbons (Fsp3) is 0.143. The minimum atomic E-state index is 1.00. The molecule has 0 aromatic heterocycles. The van der Waals surface area contributed by atoms with Crippen LogP contribution in [0.15, 0.2) is 66.7 Å². The van der Waals surface area contributed by atoms with E-state index in [1.54, 1.807) is 0 Å². The van der Waals surface area contributed by atoms with Gasteiger partial charge >= 0.3 is 0 Å². The summed E-state index contributed by atoms with van der Waals surface area (Å²) in [5, 5.41) is 0. The summed E-state index contributed by atoms with van der Waals surface area (Å²) in [4.78, 5) is 0. The lowest BCUT2D eigenvalue weighted by atomic mass is 9.96. The van der Waals surface area contributed by atoms with Crippen LogP contribution in [0.25, 0.3) is 22.3 Å². The monoisotopic (exact) mass is 336 g/mol. The predicted molar refractivity (Wildman–Crippen MR) is 109 cm³/mol. The van der Waals surface area contributed by atoms with Gasteiger partial charge in [0.25, 0.3) is 0 Å². The van der Waals surface area contributed by atoms with E-state index in [4.69, 9.17) is 0 Å². The van der Waals surface area contributed by atoms with Gasteiger partial charge in [-0.1, -0.05) is 60.7 Å². The summed E-state index contributed by atoms with van der Waals surface area (Å²) in [6.07, 6.45) is 2.00. The molecule has 0 radical (unpaired) electrons. The summed E-state index contributed by atoms with van der Waals surface area (Å²) in [6.45, 7) is 2.17. The predicted octanol–water partition coefficient (Wildman–Crippen LogP) is 6.08. The van der Waals surface area contributed by atoms with Crippen LogP contribution in [0, 0.1) is 6.92 Å². The molecule has 0 fully saturated rings. The van der Waals surface area contributed by atoms with E-state index in [0.717, 1.165) is 12.3 Å². The zero-order chi connectivity index (χ0) is 16.2. The second kappa shape index (κ2) is 7.39. The molecule has 2 heteroatoms. The average Bonchev–Trinajstić information content (AvgIpc) is 2.61. The summed E-state index contributed by atoms with van der Waals surface area (Å²) in [5.74, 6) is 0. The Morgan fingerprint density at radius 1 is 0.565 bits per heavy atom. The zero-order valence-corrected chi connectivity index (χ0v) is 15.7. The van der Waals surface area contributed by atoms with Crippen LogP contribution < -0.4 is 0 Å². The fourth-order valence-electron chi connectivity index (χ4n) is 2.78. The first-order valence-corrected chi connectivity index (χ1v) is 9.53. The smallest absolute Gasteiger partial charge is 0.0128 e. The molecule has 116 valence electrons. The molecule has 3 rings (SSSR count). The van der Waals surface area contributed by atoms with Crippen molar-refractivity contribution >= 4 is 18.5 Å². The highest BCUT2D eigenvalue weighted by atomic mass is 31.0. The summed E-state index contributed by atoms with van der Waals surface area (Å²) >= 11 is 0. The van der Waals surface area contributed by atoms with Gasteiger partial charge in [-0.25, -0.2) is 0 Å². The highest BCUT2D eigenvalue weighted by Gasteiger charge is 2.04. The Bertz CT molecular complexity index is 721. The van der Waals surface area contributed by atoms with Crippen LogP contribution in [0.3, 0.4) is 0 Å². The zero-order valence-electron chi connectivity index (χ0n) is 13.4. The van der Waals surface area contributed by atoms with Gasteiger partial charge in [0.2, 0.25) is 0 Å². The van der Waals surface area contributed by atoms with E-state index in [1.807, 2.05) is 0 Å². The Kier molecular flexibility index (Phi) is 5.27. The molecule has 0 heterocycles. The highest BCUT2D eigenvalue weighted by molar-refractivity contribution is 7.15. The number of hydrogen-bond donors (Lipinski definition) is 0. The van der Waals surface area contributed by atoms with Crippen LogP contribution in [0.1, 0.15) is 16.7 Å². The molecule has 0 N–H and O–H groups in total. The van der Waals surface area contributed by atoms with Crippen molar-refractivity contribution in [1.29, 1.82) is 0 Å². The Morgan fingerprint density at radius 2 is 0.957 bits per heavy atom. The van der Waals surface area contributed by atoms with E-state index < -0.39 is 0 Å². The SMILES string of the molecule is Cc1cc(-c2ccc(CP)cc2)cc(-c2ccc(CP)cc2)c1. The summed E-state index contributed by atoms with van der Waals surface area (Å²) in [7, 11) is 5.55. The molecular formula is C21H22P2. The van der Waals surface area contributed by atoms with E-state index in [-0.39, 0.29) is 0 Å². The van der Waals surface area contributed by atoms with Crippen molar-refractivity contribution in [2.75, 3.05) is 0 Å². The third-order valence-corrected chi connectivity index (χ3v) is 5.07. The van der Waals surface area contributed by atoms with Gasteiger partial charge in [0.05, 0.1) is 0 Å². The van der Waals surface area contributed by atoms with E-state index >= 15 is 0 Å². The van der Waals surface area contributed by atoms with E-state index in [1.165, 1.54) is 38.9 Å². The number of aryl methyl sites for hydroxylation is 1. The molecule has 0 aliphatic rings. The van der Waals surface area contributed by atoms with Crippen molar-refractivity contribution in [3.63, 3.8) is 0 Å². The Labute approximate surface area is 143 Å². The van der Waals surface area contributed by atoms with Gasteiger partial charge in [0, 0.05) is 0 Å². The molecular weight excluding hydrogens is 314 g/mol. The molecule has 0 amide bonds. The minimum Gasteiger partial charge on any atom is -0.133 e. The maximum atomic E-state index is 2.77. The number of rotatable bonds is 4. The second-order valence-corrected chi connectivity index (χ2v) is 6.71. The molecule has 2 unspecified atom stereocenters. The standard InChI is InChI=1S/C21H22P2/c1-15-10-20(18-6-2-16(13-22)3-7-18)12-21(11-15)19-8-4-17(14-23)5-9-19/h2-12H,13-14,22-23H2,1H3. The van der Waals surface area contributed by atoms with Crippen LogP contribution in [-0.4, -0.2) is 0 Å². The summed E-state index contributed by atoms with van der Waals surface area (Å²) in [6, 6.07) is 24.5. The van der Waals surface area contributed by atoms with E-state index in [9.17, 15) is 0 Å². The lowest BCUT2D eigenvalue weighted by Gasteiger charge is -2.10. The first-order chi connectivity index (χ1) is 11.2. The first kappa shape index (κ1) is 16.4. The first-order valence-electron chi connectivity index (χ1n) is 7.90. The molecule has 3 aromatic rings. The van der Waals surface area contributed by atoms with E-state index in [2.05, 4.69) is 92.1 Å². The molecule has 0 bridgehead atoms. The molecule has 0 saturated carbocycles. The Balaban J connectivity index is 2.00. The Hall–Kier alpha value is -1.48. The van der Waals surface area contributed by atoms with Gasteiger partial charge in [-0.2, -0.15) is 0 Å². The highest BCUT2D eigenvalue weighted by Crippen LogP contribution is 2.29.